The molecule has 0 bridgehead atoms. The summed E-state index contributed by atoms with van der Waals surface area (Å²) in [5.74, 6) is -1.77. The molecule has 2 heterocycles. The molecule has 1 saturated carbocycles. The first-order valence-corrected chi connectivity index (χ1v) is 37.2. The standard InChI is InChI=1S/C69H121N13O25S2/c1-35(73-54(87)100-62(3,4)5)71-37-31-38(75-52(79-58(91)104-66(15,16)17)80-59(92)105-67(18,19)20)48(99-50-45(85)43(44(84)42(97-50)34-109-30-28-95-27-29-108)76-53(81-60(93)106-68(21,22)23)82-61(94)107-69(24,25)26)46(86)47(37)98-49-39(72-36(2)74-55(88)101-63(6,7)8)32-40(83)41(96-49)33-70-51(77-56(89)102-64(9,10)11)78-57(90)103-65(12,13)14/h37-50,71-72,83-86,108H,1-2,27-34H2,3-26H3,(H,73,87)(H,74,88)(H2,70,77,78,89,90)(H2,75,79,80,91,92)(H2,76,81,82,93,94). The summed E-state index contributed by atoms with van der Waals surface area (Å²) in [6.07, 6.45) is -27.9. The molecule has 3 aliphatic rings. The molecule has 624 valence electrons. The van der Waals surface area contributed by atoms with Crippen LogP contribution in [0.4, 0.5) is 38.4 Å². The topological polar surface area (TPSA) is 495 Å². The lowest BCUT2D eigenvalue weighted by atomic mass is 9.83. The van der Waals surface area contributed by atoms with Crippen LogP contribution in [0.2, 0.25) is 0 Å². The minimum atomic E-state index is -2.19. The summed E-state index contributed by atoms with van der Waals surface area (Å²) in [6.45, 7) is 45.9. The van der Waals surface area contributed by atoms with Crippen molar-refractivity contribution < 1.29 is 120 Å². The van der Waals surface area contributed by atoms with Crippen LogP contribution in [0, 0.1) is 0 Å². The van der Waals surface area contributed by atoms with Crippen LogP contribution in [0.15, 0.2) is 39.8 Å². The quantitative estimate of drug-likeness (QED) is 0.0206. The fraction of sp³-hybridized carbons (Fsp3) is 0.783. The Morgan fingerprint density at radius 3 is 1.20 bits per heavy atom. The number of thioether (sulfide) groups is 1. The SMILES string of the molecule is C=C(NC(=O)OC(C)(C)C)NC1CC(O)C(CNC(=NC(=O)OC(C)(C)C)NC(=O)OC(C)(C)C)OC1OC1C(NC(=C)NC(=O)OC(C)(C)C)CC(N/C(=N\C(=O)OC(C)(C)C)NC(=O)OC(C)(C)C)C(OC2OC(CSCCOCCS)C(O)C(N/C(=N/C(=O)OC(C)(C)C)NC(=O)OC(C)(C)C)C2O)C1O. The van der Waals surface area contributed by atoms with Gasteiger partial charge in [0.2, 0.25) is 17.9 Å². The van der Waals surface area contributed by atoms with Crippen LogP contribution in [0.25, 0.3) is 0 Å². The zero-order valence-electron chi connectivity index (χ0n) is 67.2. The Morgan fingerprint density at radius 2 is 0.789 bits per heavy atom. The van der Waals surface area contributed by atoms with E-state index in [1.54, 1.807) is 166 Å². The van der Waals surface area contributed by atoms with Crippen LogP contribution >= 0.6 is 24.4 Å². The normalized spacial score (nSPS) is 24.8. The van der Waals surface area contributed by atoms with Crippen molar-refractivity contribution in [3.63, 3.8) is 0 Å². The zero-order valence-corrected chi connectivity index (χ0v) is 68.9. The maximum atomic E-state index is 13.9. The van der Waals surface area contributed by atoms with Crippen LogP contribution in [0.5, 0.6) is 0 Å². The number of guanidine groups is 3. The van der Waals surface area contributed by atoms with E-state index in [1.807, 2.05) is 0 Å². The van der Waals surface area contributed by atoms with Gasteiger partial charge in [-0.2, -0.15) is 24.4 Å². The van der Waals surface area contributed by atoms with Crippen LogP contribution in [0.3, 0.4) is 0 Å². The van der Waals surface area contributed by atoms with Gasteiger partial charge in [0, 0.05) is 30.2 Å². The molecule has 0 aromatic rings. The number of hydrogen-bond acceptors (Lipinski definition) is 29. The summed E-state index contributed by atoms with van der Waals surface area (Å²) in [5.41, 5.74) is -8.72. The fourth-order valence-corrected chi connectivity index (χ4v) is 10.9. The number of carbonyl (C=O) groups is 8. The van der Waals surface area contributed by atoms with Gasteiger partial charge < -0.3 is 109 Å². The maximum absolute atomic E-state index is 13.9. The van der Waals surface area contributed by atoms with Crippen LogP contribution in [-0.4, -0.2) is 254 Å². The lowest BCUT2D eigenvalue weighted by Crippen LogP contribution is -2.71. The van der Waals surface area contributed by atoms with Gasteiger partial charge in [0.15, 0.2) is 12.6 Å². The van der Waals surface area contributed by atoms with Gasteiger partial charge in [-0.05, 0) is 173 Å². The Kier molecular flexibility index (Phi) is 35.8. The summed E-state index contributed by atoms with van der Waals surface area (Å²) in [4.78, 5) is 120. The van der Waals surface area contributed by atoms with E-state index in [9.17, 15) is 58.8 Å². The number of aliphatic hydroxyl groups is 4. The van der Waals surface area contributed by atoms with Gasteiger partial charge in [0.1, 0.15) is 93.1 Å². The maximum Gasteiger partial charge on any atom is 0.437 e. The van der Waals surface area contributed by atoms with Crippen molar-refractivity contribution in [1.82, 2.24) is 53.2 Å². The molecule has 3 rings (SSSR count). The van der Waals surface area contributed by atoms with Gasteiger partial charge in [-0.15, -0.1) is 15.0 Å². The van der Waals surface area contributed by atoms with E-state index in [1.165, 1.54) is 11.8 Å². The summed E-state index contributed by atoms with van der Waals surface area (Å²) >= 11 is 5.44. The Bertz CT molecular complexity index is 3180. The highest BCUT2D eigenvalue weighted by molar-refractivity contribution is 7.99. The van der Waals surface area contributed by atoms with Crippen molar-refractivity contribution >= 4 is 91.0 Å². The largest absolute Gasteiger partial charge is 0.444 e. The Balaban J connectivity index is 2.56. The molecule has 14 unspecified atom stereocenters. The zero-order chi connectivity index (χ0) is 83.3. The third kappa shape index (κ3) is 39.4. The second-order valence-corrected chi connectivity index (χ2v) is 35.0. The van der Waals surface area contributed by atoms with Crippen molar-refractivity contribution in [3.05, 3.63) is 24.8 Å². The van der Waals surface area contributed by atoms with Crippen molar-refractivity contribution in [2.45, 2.75) is 309 Å². The molecule has 38 nitrogen and oxygen atoms in total. The molecule has 1 aliphatic carbocycles. The summed E-state index contributed by atoms with van der Waals surface area (Å²) in [5, 5.41) is 77.5. The van der Waals surface area contributed by atoms with Crippen molar-refractivity contribution in [3.8, 4) is 0 Å². The number of thiol groups is 1. The smallest absolute Gasteiger partial charge is 0.437 e. The van der Waals surface area contributed by atoms with E-state index in [0.29, 0.717) is 18.1 Å². The Morgan fingerprint density at radius 1 is 0.431 bits per heavy atom. The molecule has 2 aliphatic heterocycles. The third-order valence-electron chi connectivity index (χ3n) is 13.5. The lowest BCUT2D eigenvalue weighted by Gasteiger charge is -2.50. The summed E-state index contributed by atoms with van der Waals surface area (Å²) in [7, 11) is 0. The molecule has 0 radical (unpaired) electrons. The van der Waals surface area contributed by atoms with E-state index in [0.717, 1.165) is 0 Å². The first-order valence-electron chi connectivity index (χ1n) is 35.4. The molecule has 0 aromatic heterocycles. The number of nitrogens with one attached hydrogen (secondary N) is 10. The van der Waals surface area contributed by atoms with Crippen LogP contribution < -0.4 is 53.2 Å². The number of alkyl carbamates (subject to hydrolysis) is 5. The van der Waals surface area contributed by atoms with Gasteiger partial charge in [0.05, 0.1) is 49.6 Å². The molecular weight excluding hydrogens is 1470 g/mol. The van der Waals surface area contributed by atoms with Crippen molar-refractivity contribution in [1.29, 1.82) is 0 Å². The Labute approximate surface area is 648 Å². The van der Waals surface area contributed by atoms with Gasteiger partial charge in [-0.1, -0.05) is 13.2 Å². The van der Waals surface area contributed by atoms with Gasteiger partial charge in [0.25, 0.3) is 0 Å². The number of aliphatic hydroxyl groups excluding tert-OH is 4. The average molecular weight is 1600 g/mol. The molecule has 0 spiro atoms. The number of rotatable bonds is 21. The molecular formula is C69H121N13O25S2. The van der Waals surface area contributed by atoms with Crippen LogP contribution in [-0.2, 0) is 61.6 Å². The summed E-state index contributed by atoms with van der Waals surface area (Å²) in [6, 6.07) is -6.08. The fourth-order valence-electron chi connectivity index (χ4n) is 9.84. The number of carbonyl (C=O) groups excluding carboxylic acids is 8. The Hall–Kier alpha value is -7.41. The number of amides is 8. The predicted molar refractivity (Wildman–Crippen MR) is 404 cm³/mol. The first-order chi connectivity index (χ1) is 49.6. The number of nitrogens with zero attached hydrogens (tertiary/aromatic N) is 3. The molecule has 14 N–H and O–H groups in total. The monoisotopic (exact) mass is 1600 g/mol. The van der Waals surface area contributed by atoms with E-state index < -0.39 is 210 Å². The van der Waals surface area contributed by atoms with E-state index in [-0.39, 0.29) is 30.4 Å². The van der Waals surface area contributed by atoms with Crippen molar-refractivity contribution in [2.24, 2.45) is 15.0 Å². The highest BCUT2D eigenvalue weighted by Gasteiger charge is 2.54. The van der Waals surface area contributed by atoms with E-state index in [4.69, 9.17) is 61.6 Å². The highest BCUT2D eigenvalue weighted by Crippen LogP contribution is 2.35. The van der Waals surface area contributed by atoms with Gasteiger partial charge in [-0.25, -0.2) is 38.4 Å². The molecule has 109 heavy (non-hydrogen) atoms. The minimum Gasteiger partial charge on any atom is -0.444 e. The van der Waals surface area contributed by atoms with Gasteiger partial charge >= 0.3 is 48.7 Å². The molecule has 2 saturated heterocycles. The second-order valence-electron chi connectivity index (χ2n) is 33.4. The molecule has 14 atom stereocenters. The first kappa shape index (κ1) is 95.8. The third-order valence-corrected chi connectivity index (χ3v) is 14.7. The highest BCUT2D eigenvalue weighted by atomic mass is 32.2. The molecule has 3 fully saturated rings. The van der Waals surface area contributed by atoms with E-state index in [2.05, 4.69) is 93.9 Å². The second kappa shape index (κ2) is 40.7. The number of ether oxygens (including phenoxy) is 13. The number of aliphatic imine (C=N–C) groups is 3. The van der Waals surface area contributed by atoms with Gasteiger partial charge in [-0.3, -0.25) is 26.6 Å². The van der Waals surface area contributed by atoms with Crippen molar-refractivity contribution in [2.75, 3.05) is 37.0 Å². The minimum absolute atomic E-state index is 0.0884. The average Bonchev–Trinajstić information content (AvgIpc) is 0.672. The molecule has 8 amide bonds. The van der Waals surface area contributed by atoms with E-state index >= 15 is 0 Å². The predicted octanol–water partition coefficient (Wildman–Crippen LogP) is 5.99. The number of hydrogen-bond donors (Lipinski definition) is 15. The lowest BCUT2D eigenvalue weighted by molar-refractivity contribution is -0.313. The van der Waals surface area contributed by atoms with Crippen LogP contribution in [0.1, 0.15) is 179 Å². The molecule has 0 aromatic carbocycles. The molecule has 40 heteroatoms. The summed E-state index contributed by atoms with van der Waals surface area (Å²) < 4.78 is 76.5.